The third-order valence-corrected chi connectivity index (χ3v) is 19.7. The molecule has 0 amide bonds. The molecule has 86 heavy (non-hydrogen) atoms. The zero-order valence-electron chi connectivity index (χ0n) is 48.9. The summed E-state index contributed by atoms with van der Waals surface area (Å²) in [5, 5.41) is 14.6. The number of anilines is 6. The molecule has 0 aliphatic heterocycles. The monoisotopic (exact) mass is 1100 g/mol. The summed E-state index contributed by atoms with van der Waals surface area (Å²) in [6.45, 7) is 9.69. The summed E-state index contributed by atoms with van der Waals surface area (Å²) in [6.07, 6.45) is 4.51. The van der Waals surface area contributed by atoms with Crippen LogP contribution in [-0.2, 0) is 10.8 Å². The highest BCUT2D eigenvalue weighted by Crippen LogP contribution is 2.57. The van der Waals surface area contributed by atoms with Gasteiger partial charge >= 0.3 is 0 Å². The molecule has 0 N–H and O–H groups in total. The Morgan fingerprint density at radius 1 is 0.291 bits per heavy atom. The largest absolute Gasteiger partial charge is 0.309 e. The lowest BCUT2D eigenvalue weighted by Crippen LogP contribution is -2.17. The van der Waals surface area contributed by atoms with Gasteiger partial charge in [0.15, 0.2) is 0 Å². The lowest BCUT2D eigenvalue weighted by Gasteiger charge is -2.31. The first kappa shape index (κ1) is 50.3. The molecule has 2 heteroatoms. The van der Waals surface area contributed by atoms with Crippen LogP contribution in [0.2, 0.25) is 0 Å². The van der Waals surface area contributed by atoms with Crippen molar-refractivity contribution in [3.63, 3.8) is 0 Å². The van der Waals surface area contributed by atoms with Crippen LogP contribution >= 0.6 is 0 Å². The predicted octanol–water partition coefficient (Wildman–Crippen LogP) is 23.4. The van der Waals surface area contributed by atoms with Crippen molar-refractivity contribution in [3.8, 4) is 22.3 Å². The molecule has 0 radical (unpaired) electrons. The normalized spacial score (nSPS) is 14.6. The lowest BCUT2D eigenvalue weighted by molar-refractivity contribution is 0.652. The van der Waals surface area contributed by atoms with Crippen molar-refractivity contribution < 1.29 is 0 Å². The Hall–Kier alpha value is -10.3. The molecule has 0 bridgehead atoms. The lowest BCUT2D eigenvalue weighted by atomic mass is 9.76. The summed E-state index contributed by atoms with van der Waals surface area (Å²) in [7, 11) is 0. The third kappa shape index (κ3) is 7.52. The Balaban J connectivity index is 1.01. The fourth-order valence-electron chi connectivity index (χ4n) is 15.6. The van der Waals surface area contributed by atoms with Gasteiger partial charge in [0.05, 0.1) is 22.7 Å². The Kier molecular flexibility index (Phi) is 11.2. The fraction of sp³-hybridized carbons (Fsp3) is 0.0952. The molecule has 408 valence electrons. The molecule has 0 heterocycles. The van der Waals surface area contributed by atoms with Gasteiger partial charge in [-0.25, -0.2) is 0 Å². The molecule has 3 aliphatic rings. The smallest absolute Gasteiger partial charge is 0.0540 e. The second-order valence-electron chi connectivity index (χ2n) is 25.0. The first-order chi connectivity index (χ1) is 42.2. The molecule has 14 aromatic rings. The first-order valence-electron chi connectivity index (χ1n) is 30.5. The van der Waals surface area contributed by atoms with Gasteiger partial charge in [0.25, 0.3) is 0 Å². The van der Waals surface area contributed by atoms with E-state index in [9.17, 15) is 0 Å². The Labute approximate surface area is 502 Å². The minimum atomic E-state index is -0.202. The van der Waals surface area contributed by atoms with E-state index in [0.29, 0.717) is 0 Å². The van der Waals surface area contributed by atoms with E-state index in [1.165, 1.54) is 131 Å². The van der Waals surface area contributed by atoms with Crippen LogP contribution in [0.4, 0.5) is 34.1 Å². The maximum Gasteiger partial charge on any atom is 0.0540 e. The van der Waals surface area contributed by atoms with Crippen LogP contribution in [0.5, 0.6) is 0 Å². The van der Waals surface area contributed by atoms with Crippen molar-refractivity contribution >= 4 is 110 Å². The summed E-state index contributed by atoms with van der Waals surface area (Å²) >= 11 is 0. The van der Waals surface area contributed by atoms with Crippen LogP contribution in [0.25, 0.3) is 98.0 Å². The van der Waals surface area contributed by atoms with Gasteiger partial charge in [0, 0.05) is 43.7 Å². The number of benzene rings is 14. The van der Waals surface area contributed by atoms with Crippen molar-refractivity contribution in [3.05, 3.63) is 312 Å². The van der Waals surface area contributed by atoms with E-state index in [0.717, 1.165) is 47.0 Å². The van der Waals surface area contributed by atoms with E-state index in [-0.39, 0.29) is 10.8 Å². The van der Waals surface area contributed by atoms with Gasteiger partial charge in [-0.1, -0.05) is 252 Å². The van der Waals surface area contributed by atoms with Crippen molar-refractivity contribution in [2.75, 3.05) is 9.80 Å². The number of nitrogens with zero attached hydrogens (tertiary/aromatic N) is 2. The van der Waals surface area contributed by atoms with Crippen molar-refractivity contribution in [1.82, 2.24) is 0 Å². The van der Waals surface area contributed by atoms with E-state index < -0.39 is 0 Å². The molecule has 0 saturated carbocycles. The summed E-state index contributed by atoms with van der Waals surface area (Å²) in [5.41, 5.74) is 22.7. The minimum Gasteiger partial charge on any atom is -0.309 e. The average Bonchev–Trinajstić information content (AvgIpc) is 1.27. The van der Waals surface area contributed by atoms with E-state index in [1.807, 2.05) is 0 Å². The molecule has 3 aliphatic carbocycles. The van der Waals surface area contributed by atoms with Crippen LogP contribution in [0, 0.1) is 0 Å². The zero-order chi connectivity index (χ0) is 57.4. The molecular formula is C84H62N2. The van der Waals surface area contributed by atoms with E-state index in [4.69, 9.17) is 0 Å². The summed E-state index contributed by atoms with van der Waals surface area (Å²) in [5.74, 6) is 0. The van der Waals surface area contributed by atoms with Crippen molar-refractivity contribution in [2.24, 2.45) is 0 Å². The Bertz CT molecular complexity index is 5080. The standard InChI is InChI=1S/C84H62N2/c1-83(2)73-35-15-13-33-65(73)67-45-41-57(49-75(67)83)81-69-47-43-60(86(79-39-19-27-55-23-7-11-31-63(55)79)80-40-20-28-56-24-8-12-32-64(56)80)52-72(69)82(58-42-46-68-66-34-14-16-36-74(66)84(3,4)76(68)50-58)70-48-44-59(51-71(70)81)85(77-37-17-25-53-21-5-9-29-61(53)77)78-38-18-26-54-22-6-10-30-62(54)78/h5-41,43-45,47-52H,42,46H2,1-4H3. The Morgan fingerprint density at radius 2 is 0.698 bits per heavy atom. The number of hydrogen-bond acceptors (Lipinski definition) is 2. The topological polar surface area (TPSA) is 6.48 Å². The molecule has 17 rings (SSSR count). The molecule has 0 saturated heterocycles. The molecule has 0 atom stereocenters. The van der Waals surface area contributed by atoms with E-state index in [2.05, 4.69) is 317 Å². The first-order valence-corrected chi connectivity index (χ1v) is 30.5. The Morgan fingerprint density at radius 3 is 1.21 bits per heavy atom. The number of rotatable bonds is 8. The average molecular weight is 1100 g/mol. The second kappa shape index (κ2) is 19.1. The zero-order valence-corrected chi connectivity index (χ0v) is 48.9. The van der Waals surface area contributed by atoms with Gasteiger partial charge in [0.2, 0.25) is 0 Å². The highest BCUT2D eigenvalue weighted by molar-refractivity contribution is 6.22. The summed E-state index contributed by atoms with van der Waals surface area (Å²) in [4.78, 5) is 5.07. The number of fused-ring (bicyclic) bond motifs is 11. The predicted molar refractivity (Wildman–Crippen MR) is 367 cm³/mol. The van der Waals surface area contributed by atoms with E-state index >= 15 is 0 Å². The molecule has 0 unspecified atom stereocenters. The quantitative estimate of drug-likeness (QED) is 0.140. The van der Waals surface area contributed by atoms with Crippen LogP contribution in [0.3, 0.4) is 0 Å². The minimum absolute atomic E-state index is 0.160. The molecular weight excluding hydrogens is 1040 g/mol. The van der Waals surface area contributed by atoms with Gasteiger partial charge in [0.1, 0.15) is 0 Å². The fourth-order valence-corrected chi connectivity index (χ4v) is 15.6. The van der Waals surface area contributed by atoms with Gasteiger partial charge in [-0.15, -0.1) is 0 Å². The third-order valence-electron chi connectivity index (χ3n) is 19.7. The highest BCUT2D eigenvalue weighted by atomic mass is 15.2. The summed E-state index contributed by atoms with van der Waals surface area (Å²) in [6, 6.07) is 103. The SMILES string of the molecule is CC1(C)C2=C(CCC(c3c4cc(N(c5cccc6ccccc56)c5cccc6ccccc56)ccc4c(-c4ccc5c(c4)C(C)(C)c4ccccc4-5)c4cc(N(c5cccc6ccccc56)c5cccc6ccccc56)ccc34)=C2)c2ccccc21. The van der Waals surface area contributed by atoms with Crippen molar-refractivity contribution in [2.45, 2.75) is 51.4 Å². The van der Waals surface area contributed by atoms with Crippen LogP contribution < -0.4 is 9.80 Å². The summed E-state index contributed by atoms with van der Waals surface area (Å²) < 4.78 is 0. The molecule has 2 nitrogen and oxygen atoms in total. The van der Waals surface area contributed by atoms with E-state index in [1.54, 1.807) is 0 Å². The molecule has 0 spiro atoms. The van der Waals surface area contributed by atoms with Gasteiger partial charge < -0.3 is 9.80 Å². The van der Waals surface area contributed by atoms with Crippen LogP contribution in [0.15, 0.2) is 285 Å². The maximum atomic E-state index is 2.62. The molecule has 0 fully saturated rings. The highest BCUT2D eigenvalue weighted by Gasteiger charge is 2.39. The van der Waals surface area contributed by atoms with Crippen molar-refractivity contribution in [1.29, 1.82) is 0 Å². The number of hydrogen-bond donors (Lipinski definition) is 0. The number of allylic oxidation sites excluding steroid dienone is 4. The molecule has 14 aromatic carbocycles. The maximum absolute atomic E-state index is 2.62. The molecule has 0 aromatic heterocycles. The van der Waals surface area contributed by atoms with Gasteiger partial charge in [-0.3, -0.25) is 0 Å². The van der Waals surface area contributed by atoms with Crippen LogP contribution in [-0.4, -0.2) is 0 Å². The second-order valence-corrected chi connectivity index (χ2v) is 25.0. The van der Waals surface area contributed by atoms with Gasteiger partial charge in [-0.05, 0) is 177 Å². The van der Waals surface area contributed by atoms with Crippen LogP contribution in [0.1, 0.15) is 68.4 Å². The van der Waals surface area contributed by atoms with Gasteiger partial charge in [-0.2, -0.15) is 0 Å².